The first-order chi connectivity index (χ1) is 7.70. The second-order valence-electron chi connectivity index (χ2n) is 4.21. The Bertz CT molecular complexity index is 352. The number of nitrogens with zero attached hydrogens (tertiary/aromatic N) is 3. The molecule has 0 aliphatic carbocycles. The molecular formula is C10H16N4OS. The van der Waals surface area contributed by atoms with Gasteiger partial charge in [-0.1, -0.05) is 4.49 Å². The predicted molar refractivity (Wildman–Crippen MR) is 62.2 cm³/mol. The molecule has 2 N–H and O–H groups in total. The second kappa shape index (κ2) is 4.88. The van der Waals surface area contributed by atoms with Crippen molar-refractivity contribution in [2.45, 2.75) is 38.3 Å². The quantitative estimate of drug-likeness (QED) is 0.833. The SMILES string of the molecule is CC(N)C1CCCCN1C(=O)c1csnn1. The lowest BCUT2D eigenvalue weighted by molar-refractivity contribution is 0.0578. The summed E-state index contributed by atoms with van der Waals surface area (Å²) in [4.78, 5) is 14.0. The van der Waals surface area contributed by atoms with Crippen molar-refractivity contribution in [1.29, 1.82) is 0 Å². The van der Waals surface area contributed by atoms with E-state index < -0.39 is 0 Å². The fourth-order valence-corrected chi connectivity index (χ4v) is 2.59. The minimum absolute atomic E-state index is 0.0100. The Morgan fingerprint density at radius 1 is 1.69 bits per heavy atom. The van der Waals surface area contributed by atoms with E-state index in [2.05, 4.69) is 9.59 Å². The van der Waals surface area contributed by atoms with Gasteiger partial charge in [-0.25, -0.2) is 0 Å². The van der Waals surface area contributed by atoms with Crippen molar-refractivity contribution < 1.29 is 4.79 Å². The maximum atomic E-state index is 12.2. The molecule has 1 aliphatic heterocycles. The Morgan fingerprint density at radius 3 is 3.12 bits per heavy atom. The Balaban J connectivity index is 2.14. The number of nitrogens with two attached hydrogens (primary N) is 1. The van der Waals surface area contributed by atoms with E-state index in [-0.39, 0.29) is 18.0 Å². The van der Waals surface area contributed by atoms with Crippen LogP contribution >= 0.6 is 11.5 Å². The van der Waals surface area contributed by atoms with Gasteiger partial charge in [0.25, 0.3) is 5.91 Å². The maximum absolute atomic E-state index is 12.2. The lowest BCUT2D eigenvalue weighted by Gasteiger charge is -2.37. The number of aromatic nitrogens is 2. The number of piperidine rings is 1. The summed E-state index contributed by atoms with van der Waals surface area (Å²) < 4.78 is 3.72. The molecule has 1 aromatic heterocycles. The van der Waals surface area contributed by atoms with E-state index in [1.807, 2.05) is 11.8 Å². The molecule has 2 unspecified atom stereocenters. The van der Waals surface area contributed by atoms with Gasteiger partial charge in [-0.3, -0.25) is 4.79 Å². The minimum Gasteiger partial charge on any atom is -0.333 e. The fourth-order valence-electron chi connectivity index (χ4n) is 2.16. The van der Waals surface area contributed by atoms with Crippen LogP contribution in [0.5, 0.6) is 0 Å². The molecule has 5 nitrogen and oxygen atoms in total. The molecule has 1 fully saturated rings. The van der Waals surface area contributed by atoms with E-state index in [4.69, 9.17) is 5.73 Å². The van der Waals surface area contributed by atoms with E-state index in [0.717, 1.165) is 25.8 Å². The molecule has 2 heterocycles. The Kier molecular flexibility index (Phi) is 3.50. The number of amides is 1. The van der Waals surface area contributed by atoms with E-state index >= 15 is 0 Å². The highest BCUT2D eigenvalue weighted by molar-refractivity contribution is 7.03. The average Bonchev–Trinajstić information content (AvgIpc) is 2.81. The summed E-state index contributed by atoms with van der Waals surface area (Å²) in [6.45, 7) is 2.73. The lowest BCUT2D eigenvalue weighted by atomic mass is 9.96. The number of rotatable bonds is 2. The third-order valence-corrected chi connectivity index (χ3v) is 3.50. The molecule has 0 radical (unpaired) electrons. The van der Waals surface area contributed by atoms with Crippen LogP contribution in [0.25, 0.3) is 0 Å². The van der Waals surface area contributed by atoms with Gasteiger partial charge in [0.2, 0.25) is 0 Å². The van der Waals surface area contributed by atoms with E-state index in [1.165, 1.54) is 11.5 Å². The van der Waals surface area contributed by atoms with E-state index in [1.54, 1.807) is 5.38 Å². The third-order valence-electron chi connectivity index (χ3n) is 3.00. The summed E-state index contributed by atoms with van der Waals surface area (Å²) >= 11 is 1.20. The summed E-state index contributed by atoms with van der Waals surface area (Å²) in [5.41, 5.74) is 6.36. The van der Waals surface area contributed by atoms with Crippen molar-refractivity contribution in [3.05, 3.63) is 11.1 Å². The number of hydrogen-bond acceptors (Lipinski definition) is 5. The fraction of sp³-hybridized carbons (Fsp3) is 0.700. The van der Waals surface area contributed by atoms with Crippen molar-refractivity contribution in [1.82, 2.24) is 14.5 Å². The summed E-state index contributed by atoms with van der Waals surface area (Å²) in [7, 11) is 0. The first-order valence-corrected chi connectivity index (χ1v) is 6.37. The summed E-state index contributed by atoms with van der Waals surface area (Å²) in [6.07, 6.45) is 3.18. The molecule has 2 rings (SSSR count). The number of carbonyl (C=O) groups excluding carboxylic acids is 1. The van der Waals surface area contributed by atoms with Crippen LogP contribution < -0.4 is 5.73 Å². The average molecular weight is 240 g/mol. The molecule has 1 aromatic rings. The molecule has 0 aromatic carbocycles. The van der Waals surface area contributed by atoms with Gasteiger partial charge in [-0.15, -0.1) is 5.10 Å². The normalized spacial score (nSPS) is 23.1. The predicted octanol–water partition coefficient (Wildman–Crippen LogP) is 0.880. The third kappa shape index (κ3) is 2.22. The smallest absolute Gasteiger partial charge is 0.275 e. The molecule has 1 amide bonds. The van der Waals surface area contributed by atoms with Gasteiger partial charge in [0.1, 0.15) is 0 Å². The van der Waals surface area contributed by atoms with Gasteiger partial charge >= 0.3 is 0 Å². The zero-order valence-corrected chi connectivity index (χ0v) is 10.1. The molecule has 6 heteroatoms. The molecule has 88 valence electrons. The highest BCUT2D eigenvalue weighted by Crippen LogP contribution is 2.21. The van der Waals surface area contributed by atoms with Crippen LogP contribution in [-0.2, 0) is 0 Å². The van der Waals surface area contributed by atoms with Crippen molar-refractivity contribution in [3.8, 4) is 0 Å². The van der Waals surface area contributed by atoms with Crippen LogP contribution in [0.1, 0.15) is 36.7 Å². The maximum Gasteiger partial charge on any atom is 0.275 e. The Morgan fingerprint density at radius 2 is 2.50 bits per heavy atom. The molecule has 16 heavy (non-hydrogen) atoms. The van der Waals surface area contributed by atoms with Gasteiger partial charge in [0.05, 0.1) is 0 Å². The lowest BCUT2D eigenvalue weighted by Crippen LogP contribution is -2.51. The number of hydrogen-bond donors (Lipinski definition) is 1. The van der Waals surface area contributed by atoms with Crippen molar-refractivity contribution in [3.63, 3.8) is 0 Å². The first kappa shape index (κ1) is 11.5. The highest BCUT2D eigenvalue weighted by Gasteiger charge is 2.30. The first-order valence-electron chi connectivity index (χ1n) is 5.53. The Labute approximate surface area is 98.8 Å². The van der Waals surface area contributed by atoms with Crippen LogP contribution in [0.2, 0.25) is 0 Å². The second-order valence-corrected chi connectivity index (χ2v) is 4.82. The number of likely N-dealkylation sites (tertiary alicyclic amines) is 1. The van der Waals surface area contributed by atoms with Crippen LogP contribution in [0.3, 0.4) is 0 Å². The molecule has 2 atom stereocenters. The zero-order chi connectivity index (χ0) is 11.5. The van der Waals surface area contributed by atoms with Gasteiger partial charge in [-0.05, 0) is 37.7 Å². The van der Waals surface area contributed by atoms with Gasteiger partial charge < -0.3 is 10.6 Å². The van der Waals surface area contributed by atoms with E-state index in [9.17, 15) is 4.79 Å². The largest absolute Gasteiger partial charge is 0.333 e. The summed E-state index contributed by atoms with van der Waals surface area (Å²) in [5, 5.41) is 5.51. The molecule has 0 bridgehead atoms. The van der Waals surface area contributed by atoms with Crippen molar-refractivity contribution in [2.24, 2.45) is 5.73 Å². The van der Waals surface area contributed by atoms with Crippen LogP contribution in [-0.4, -0.2) is 39.0 Å². The minimum atomic E-state index is -0.0317. The molecule has 1 aliphatic rings. The van der Waals surface area contributed by atoms with Gasteiger partial charge in [0.15, 0.2) is 5.69 Å². The topological polar surface area (TPSA) is 72.1 Å². The van der Waals surface area contributed by atoms with Crippen LogP contribution in [0.4, 0.5) is 0 Å². The van der Waals surface area contributed by atoms with Crippen molar-refractivity contribution in [2.75, 3.05) is 6.54 Å². The monoisotopic (exact) mass is 240 g/mol. The molecule has 0 spiro atoms. The summed E-state index contributed by atoms with van der Waals surface area (Å²) in [5.74, 6) is -0.0317. The Hall–Kier alpha value is -1.01. The summed E-state index contributed by atoms with van der Waals surface area (Å²) in [6, 6.07) is 0.152. The van der Waals surface area contributed by atoms with E-state index in [0.29, 0.717) is 5.69 Å². The van der Waals surface area contributed by atoms with Crippen molar-refractivity contribution >= 4 is 17.4 Å². The van der Waals surface area contributed by atoms with Gasteiger partial charge in [0, 0.05) is 24.0 Å². The molecular weight excluding hydrogens is 224 g/mol. The zero-order valence-electron chi connectivity index (χ0n) is 9.30. The van der Waals surface area contributed by atoms with Crippen LogP contribution in [0.15, 0.2) is 5.38 Å². The number of carbonyl (C=O) groups is 1. The highest BCUT2D eigenvalue weighted by atomic mass is 32.1. The van der Waals surface area contributed by atoms with Gasteiger partial charge in [-0.2, -0.15) is 0 Å². The standard InChI is InChI=1S/C10H16N4OS/c1-7(11)9-4-2-3-5-14(9)10(15)8-6-16-13-12-8/h6-7,9H,2-5,11H2,1H3. The van der Waals surface area contributed by atoms with Crippen LogP contribution in [0, 0.1) is 0 Å². The molecule has 1 saturated heterocycles. The molecule has 0 saturated carbocycles.